The van der Waals surface area contributed by atoms with Gasteiger partial charge in [0.1, 0.15) is 0 Å². The molecule has 0 heterocycles. The Morgan fingerprint density at radius 1 is 1.37 bits per heavy atom. The molecule has 1 aliphatic carbocycles. The van der Waals surface area contributed by atoms with Gasteiger partial charge in [0, 0.05) is 19.0 Å². The molecule has 3 N–H and O–H groups in total. The fourth-order valence-electron chi connectivity index (χ4n) is 2.66. The minimum atomic E-state index is -0.785. The maximum Gasteiger partial charge on any atom is 0.315 e. The zero-order chi connectivity index (χ0) is 14.3. The minimum absolute atomic E-state index is 0.0142. The Morgan fingerprint density at radius 3 is 2.68 bits per heavy atom. The number of nitrogens with one attached hydrogen (secondary N) is 2. The Hall–Kier alpha value is -1.26. The van der Waals surface area contributed by atoms with E-state index in [2.05, 4.69) is 17.6 Å². The van der Waals surface area contributed by atoms with Crippen LogP contribution in [0.4, 0.5) is 4.79 Å². The van der Waals surface area contributed by atoms with Crippen molar-refractivity contribution in [3.05, 3.63) is 0 Å². The van der Waals surface area contributed by atoms with Crippen LogP contribution in [-0.4, -0.2) is 29.7 Å². The summed E-state index contributed by atoms with van der Waals surface area (Å²) in [6.45, 7) is 4.89. The van der Waals surface area contributed by atoms with Gasteiger partial charge in [-0.2, -0.15) is 0 Å². The van der Waals surface area contributed by atoms with Crippen LogP contribution in [0.2, 0.25) is 0 Å². The Bertz CT molecular complexity index is 307. The summed E-state index contributed by atoms with van der Waals surface area (Å²) in [4.78, 5) is 22.1. The molecule has 5 nitrogen and oxygen atoms in total. The van der Waals surface area contributed by atoms with Crippen molar-refractivity contribution < 1.29 is 14.7 Å². The second kappa shape index (κ2) is 8.02. The summed E-state index contributed by atoms with van der Waals surface area (Å²) in [5.74, 6) is 0.522. The van der Waals surface area contributed by atoms with Crippen LogP contribution < -0.4 is 10.6 Å². The molecule has 1 saturated carbocycles. The predicted molar refractivity (Wildman–Crippen MR) is 74.0 cm³/mol. The van der Waals surface area contributed by atoms with Gasteiger partial charge >= 0.3 is 12.0 Å². The lowest BCUT2D eigenvalue weighted by Crippen LogP contribution is -2.42. The molecule has 1 fully saturated rings. The second-order valence-electron chi connectivity index (χ2n) is 5.71. The molecular weight excluding hydrogens is 244 g/mol. The van der Waals surface area contributed by atoms with Gasteiger partial charge in [0.2, 0.25) is 0 Å². The molecule has 0 aromatic heterocycles. The van der Waals surface area contributed by atoms with Crippen LogP contribution >= 0.6 is 0 Å². The van der Waals surface area contributed by atoms with Gasteiger partial charge in [0.25, 0.3) is 0 Å². The van der Waals surface area contributed by atoms with E-state index in [9.17, 15) is 9.59 Å². The average Bonchev–Trinajstić information content (AvgIpc) is 2.71. The lowest BCUT2D eigenvalue weighted by molar-refractivity contribution is -0.137. The molecular formula is C14H26N2O3. The third kappa shape index (κ3) is 6.45. The van der Waals surface area contributed by atoms with Crippen molar-refractivity contribution in [3.63, 3.8) is 0 Å². The highest BCUT2D eigenvalue weighted by Gasteiger charge is 2.23. The van der Waals surface area contributed by atoms with Gasteiger partial charge in [-0.15, -0.1) is 0 Å². The Labute approximate surface area is 115 Å². The van der Waals surface area contributed by atoms with Crippen LogP contribution in [-0.2, 0) is 4.79 Å². The number of carboxylic acid groups (broad SMARTS) is 1. The molecule has 1 aliphatic rings. The third-order valence-electron chi connectivity index (χ3n) is 3.97. The highest BCUT2D eigenvalue weighted by atomic mass is 16.4. The van der Waals surface area contributed by atoms with E-state index in [4.69, 9.17) is 5.11 Å². The highest BCUT2D eigenvalue weighted by Crippen LogP contribution is 2.30. The number of urea groups is 1. The normalized spacial score (nSPS) is 23.9. The fraction of sp³-hybridized carbons (Fsp3) is 0.857. The summed E-state index contributed by atoms with van der Waals surface area (Å²) >= 11 is 0. The van der Waals surface area contributed by atoms with E-state index in [1.165, 1.54) is 19.3 Å². The molecule has 0 radical (unpaired) electrons. The van der Waals surface area contributed by atoms with Crippen molar-refractivity contribution in [2.75, 3.05) is 6.54 Å². The van der Waals surface area contributed by atoms with Gasteiger partial charge in [0.15, 0.2) is 0 Å². The first-order chi connectivity index (χ1) is 8.99. The predicted octanol–water partition coefficient (Wildman–Crippen LogP) is 2.37. The quantitative estimate of drug-likeness (QED) is 0.664. The number of amides is 2. The van der Waals surface area contributed by atoms with Crippen LogP contribution in [0.3, 0.4) is 0 Å². The molecule has 3 unspecified atom stereocenters. The molecule has 19 heavy (non-hydrogen) atoms. The first kappa shape index (κ1) is 15.8. The molecule has 1 rings (SSSR count). The molecule has 0 spiro atoms. The molecule has 0 aliphatic heterocycles. The zero-order valence-corrected chi connectivity index (χ0v) is 11.9. The SMILES string of the molecule is CC(CCCC(=O)O)NC(=O)NCC1CCCC1C. The number of hydrogen-bond acceptors (Lipinski definition) is 2. The minimum Gasteiger partial charge on any atom is -0.481 e. The largest absolute Gasteiger partial charge is 0.481 e. The van der Waals surface area contributed by atoms with Crippen LogP contribution in [0.5, 0.6) is 0 Å². The lowest BCUT2D eigenvalue weighted by atomic mass is 9.98. The molecule has 3 atom stereocenters. The average molecular weight is 270 g/mol. The molecule has 0 saturated heterocycles. The summed E-state index contributed by atoms with van der Waals surface area (Å²) in [6.07, 6.45) is 5.18. The summed E-state index contributed by atoms with van der Waals surface area (Å²) < 4.78 is 0. The van der Waals surface area contributed by atoms with Gasteiger partial charge in [-0.05, 0) is 38.0 Å². The number of carboxylic acids is 1. The smallest absolute Gasteiger partial charge is 0.315 e. The topological polar surface area (TPSA) is 78.4 Å². The van der Waals surface area contributed by atoms with Crippen LogP contribution in [0, 0.1) is 11.8 Å². The second-order valence-corrected chi connectivity index (χ2v) is 5.71. The molecule has 2 amide bonds. The van der Waals surface area contributed by atoms with E-state index in [0.717, 1.165) is 6.54 Å². The van der Waals surface area contributed by atoms with Gasteiger partial charge in [0.05, 0.1) is 0 Å². The summed E-state index contributed by atoms with van der Waals surface area (Å²) in [5, 5.41) is 14.3. The Morgan fingerprint density at radius 2 is 2.11 bits per heavy atom. The number of aliphatic carboxylic acids is 1. The molecule has 110 valence electrons. The Kier molecular flexibility index (Phi) is 6.67. The van der Waals surface area contributed by atoms with Crippen molar-refractivity contribution in [2.24, 2.45) is 11.8 Å². The van der Waals surface area contributed by atoms with Crippen molar-refractivity contribution in [1.82, 2.24) is 10.6 Å². The van der Waals surface area contributed by atoms with Gasteiger partial charge < -0.3 is 15.7 Å². The van der Waals surface area contributed by atoms with E-state index in [-0.39, 0.29) is 18.5 Å². The van der Waals surface area contributed by atoms with E-state index in [0.29, 0.717) is 24.7 Å². The molecule has 0 aromatic carbocycles. The van der Waals surface area contributed by atoms with E-state index >= 15 is 0 Å². The van der Waals surface area contributed by atoms with Gasteiger partial charge in [-0.3, -0.25) is 4.79 Å². The van der Waals surface area contributed by atoms with E-state index in [1.54, 1.807) is 0 Å². The molecule has 0 aromatic rings. The van der Waals surface area contributed by atoms with Gasteiger partial charge in [-0.25, -0.2) is 4.79 Å². The number of carbonyl (C=O) groups excluding carboxylic acids is 1. The first-order valence-electron chi connectivity index (χ1n) is 7.25. The zero-order valence-electron chi connectivity index (χ0n) is 11.9. The lowest BCUT2D eigenvalue weighted by Gasteiger charge is -2.18. The van der Waals surface area contributed by atoms with Crippen molar-refractivity contribution in [2.45, 2.75) is 58.4 Å². The number of rotatable bonds is 7. The number of carbonyl (C=O) groups is 2. The summed E-state index contributed by atoms with van der Waals surface area (Å²) in [7, 11) is 0. The first-order valence-corrected chi connectivity index (χ1v) is 7.25. The third-order valence-corrected chi connectivity index (χ3v) is 3.97. The maximum absolute atomic E-state index is 11.7. The van der Waals surface area contributed by atoms with Crippen molar-refractivity contribution in [3.8, 4) is 0 Å². The highest BCUT2D eigenvalue weighted by molar-refractivity contribution is 5.74. The van der Waals surface area contributed by atoms with Crippen molar-refractivity contribution in [1.29, 1.82) is 0 Å². The summed E-state index contributed by atoms with van der Waals surface area (Å²) in [6, 6.07) is -0.123. The monoisotopic (exact) mass is 270 g/mol. The number of hydrogen-bond donors (Lipinski definition) is 3. The summed E-state index contributed by atoms with van der Waals surface area (Å²) in [5.41, 5.74) is 0. The fourth-order valence-corrected chi connectivity index (χ4v) is 2.66. The standard InChI is InChI=1S/C14H26N2O3/c1-10-5-3-7-12(10)9-15-14(19)16-11(2)6-4-8-13(17)18/h10-12H,3-9H2,1-2H3,(H,17,18)(H2,15,16,19). The molecule has 5 heteroatoms. The van der Waals surface area contributed by atoms with E-state index in [1.807, 2.05) is 6.92 Å². The van der Waals surface area contributed by atoms with E-state index < -0.39 is 5.97 Å². The van der Waals surface area contributed by atoms with Crippen LogP contribution in [0.1, 0.15) is 52.4 Å². The van der Waals surface area contributed by atoms with Crippen LogP contribution in [0.25, 0.3) is 0 Å². The van der Waals surface area contributed by atoms with Crippen molar-refractivity contribution >= 4 is 12.0 Å². The molecule has 0 bridgehead atoms. The Balaban J connectivity index is 2.10. The maximum atomic E-state index is 11.7. The van der Waals surface area contributed by atoms with Crippen LogP contribution in [0.15, 0.2) is 0 Å². The van der Waals surface area contributed by atoms with Gasteiger partial charge in [-0.1, -0.05) is 19.8 Å².